The van der Waals surface area contributed by atoms with E-state index >= 15 is 0 Å². The Hall–Kier alpha value is -1.88. The van der Waals surface area contributed by atoms with E-state index in [2.05, 4.69) is 16.9 Å². The molecule has 1 aromatic heterocycles. The molecule has 5 nitrogen and oxygen atoms in total. The second-order valence-electron chi connectivity index (χ2n) is 3.23. The van der Waals surface area contributed by atoms with Gasteiger partial charge in [0.1, 0.15) is 0 Å². The Bertz CT molecular complexity index is 379. The van der Waals surface area contributed by atoms with E-state index in [-0.39, 0.29) is 6.61 Å². The Morgan fingerprint density at radius 3 is 3.00 bits per heavy atom. The van der Waals surface area contributed by atoms with Crippen molar-refractivity contribution in [1.29, 1.82) is 0 Å². The van der Waals surface area contributed by atoms with E-state index in [1.807, 2.05) is 0 Å². The quantitative estimate of drug-likeness (QED) is 0.659. The fourth-order valence-electron chi connectivity index (χ4n) is 1.45. The van der Waals surface area contributed by atoms with Gasteiger partial charge in [-0.2, -0.15) is 0 Å². The van der Waals surface area contributed by atoms with Crippen molar-refractivity contribution in [2.45, 2.75) is 19.1 Å². The van der Waals surface area contributed by atoms with E-state index in [9.17, 15) is 4.79 Å². The Morgan fingerprint density at radius 2 is 2.44 bits per heavy atom. The van der Waals surface area contributed by atoms with Gasteiger partial charge in [-0.15, -0.1) is 6.58 Å². The highest BCUT2D eigenvalue weighted by Crippen LogP contribution is 2.19. The number of aromatic nitrogens is 1. The molecule has 1 amide bonds. The SMILES string of the molecule is C=CCC(NC(=O)O)c1ncccc1CO. The molecule has 0 saturated heterocycles. The number of hydrogen-bond donors (Lipinski definition) is 3. The maximum Gasteiger partial charge on any atom is 0.405 e. The third kappa shape index (κ3) is 3.06. The van der Waals surface area contributed by atoms with Gasteiger partial charge in [0.05, 0.1) is 18.3 Å². The molecule has 1 rings (SSSR count). The first-order valence-corrected chi connectivity index (χ1v) is 4.84. The van der Waals surface area contributed by atoms with Crippen LogP contribution in [0.2, 0.25) is 0 Å². The van der Waals surface area contributed by atoms with Crippen LogP contribution in [-0.4, -0.2) is 21.3 Å². The van der Waals surface area contributed by atoms with Crippen molar-refractivity contribution in [3.05, 3.63) is 42.2 Å². The maximum atomic E-state index is 10.6. The van der Waals surface area contributed by atoms with Gasteiger partial charge in [0.25, 0.3) is 0 Å². The summed E-state index contributed by atoms with van der Waals surface area (Å²) in [4.78, 5) is 14.7. The van der Waals surface area contributed by atoms with Crippen LogP contribution in [0.1, 0.15) is 23.7 Å². The van der Waals surface area contributed by atoms with Gasteiger partial charge in [-0.3, -0.25) is 4.98 Å². The second kappa shape index (κ2) is 5.87. The van der Waals surface area contributed by atoms with Crippen LogP contribution in [0.25, 0.3) is 0 Å². The number of nitrogens with one attached hydrogen (secondary N) is 1. The number of aliphatic hydroxyl groups is 1. The van der Waals surface area contributed by atoms with E-state index < -0.39 is 12.1 Å². The maximum absolute atomic E-state index is 10.6. The number of pyridine rings is 1. The Labute approximate surface area is 93.5 Å². The van der Waals surface area contributed by atoms with Crippen LogP contribution in [0.15, 0.2) is 31.0 Å². The zero-order chi connectivity index (χ0) is 12.0. The molecule has 0 spiro atoms. The molecule has 0 fully saturated rings. The first kappa shape index (κ1) is 12.2. The smallest absolute Gasteiger partial charge is 0.405 e. The number of amides is 1. The normalized spacial score (nSPS) is 11.8. The van der Waals surface area contributed by atoms with Gasteiger partial charge in [-0.25, -0.2) is 4.79 Å². The van der Waals surface area contributed by atoms with Crippen molar-refractivity contribution >= 4 is 6.09 Å². The lowest BCUT2D eigenvalue weighted by atomic mass is 10.0. The topological polar surface area (TPSA) is 82.5 Å². The molecular weight excluding hydrogens is 208 g/mol. The van der Waals surface area contributed by atoms with Gasteiger partial charge in [0.2, 0.25) is 0 Å². The molecular formula is C11H14N2O3. The summed E-state index contributed by atoms with van der Waals surface area (Å²) in [6.45, 7) is 3.40. The summed E-state index contributed by atoms with van der Waals surface area (Å²) < 4.78 is 0. The van der Waals surface area contributed by atoms with E-state index in [1.54, 1.807) is 24.4 Å². The molecule has 3 N–H and O–H groups in total. The molecule has 0 aliphatic carbocycles. The number of rotatable bonds is 5. The van der Waals surface area contributed by atoms with Crippen LogP contribution < -0.4 is 5.32 Å². The number of hydrogen-bond acceptors (Lipinski definition) is 3. The first-order valence-electron chi connectivity index (χ1n) is 4.84. The average molecular weight is 222 g/mol. The zero-order valence-electron chi connectivity index (χ0n) is 8.76. The van der Waals surface area contributed by atoms with E-state index in [0.717, 1.165) is 0 Å². The minimum Gasteiger partial charge on any atom is -0.465 e. The van der Waals surface area contributed by atoms with Crippen LogP contribution in [0.3, 0.4) is 0 Å². The lowest BCUT2D eigenvalue weighted by molar-refractivity contribution is 0.189. The zero-order valence-corrected chi connectivity index (χ0v) is 8.76. The third-order valence-electron chi connectivity index (χ3n) is 2.13. The fraction of sp³-hybridized carbons (Fsp3) is 0.273. The molecule has 0 radical (unpaired) electrons. The Balaban J connectivity index is 2.99. The number of nitrogens with zero attached hydrogens (tertiary/aromatic N) is 1. The lowest BCUT2D eigenvalue weighted by Crippen LogP contribution is -2.28. The van der Waals surface area contributed by atoms with Gasteiger partial charge in [0, 0.05) is 11.8 Å². The summed E-state index contributed by atoms with van der Waals surface area (Å²) in [5.74, 6) is 0. The molecule has 1 unspecified atom stereocenters. The number of aliphatic hydroxyl groups excluding tert-OH is 1. The van der Waals surface area contributed by atoms with Crippen LogP contribution >= 0.6 is 0 Å². The molecule has 1 atom stereocenters. The number of carboxylic acid groups (broad SMARTS) is 1. The van der Waals surface area contributed by atoms with Crippen LogP contribution in [0, 0.1) is 0 Å². The van der Waals surface area contributed by atoms with Crippen LogP contribution in [-0.2, 0) is 6.61 Å². The van der Waals surface area contributed by atoms with Crippen molar-refractivity contribution in [1.82, 2.24) is 10.3 Å². The Kier molecular flexibility index (Phi) is 4.47. The summed E-state index contributed by atoms with van der Waals surface area (Å²) in [6.07, 6.45) is 2.47. The monoisotopic (exact) mass is 222 g/mol. The molecule has 0 aliphatic rings. The van der Waals surface area contributed by atoms with Crippen molar-refractivity contribution in [2.75, 3.05) is 0 Å². The standard InChI is InChI=1S/C11H14N2O3/c1-2-4-9(13-11(15)16)10-8(7-14)5-3-6-12-10/h2-3,5-6,9,13-14H,1,4,7H2,(H,15,16). The van der Waals surface area contributed by atoms with Gasteiger partial charge < -0.3 is 15.5 Å². The third-order valence-corrected chi connectivity index (χ3v) is 2.13. The molecule has 1 heterocycles. The first-order chi connectivity index (χ1) is 7.69. The van der Waals surface area contributed by atoms with E-state index in [4.69, 9.17) is 10.2 Å². The van der Waals surface area contributed by atoms with E-state index in [1.165, 1.54) is 0 Å². The minimum atomic E-state index is -1.12. The van der Waals surface area contributed by atoms with Crippen molar-refractivity contribution in [3.8, 4) is 0 Å². The van der Waals surface area contributed by atoms with Crippen LogP contribution in [0.4, 0.5) is 4.79 Å². The summed E-state index contributed by atoms with van der Waals surface area (Å²) in [5.41, 5.74) is 1.15. The number of carbonyl (C=O) groups is 1. The molecule has 16 heavy (non-hydrogen) atoms. The fourth-order valence-corrected chi connectivity index (χ4v) is 1.45. The highest BCUT2D eigenvalue weighted by molar-refractivity contribution is 5.65. The van der Waals surface area contributed by atoms with Gasteiger partial charge in [-0.1, -0.05) is 12.1 Å². The highest BCUT2D eigenvalue weighted by atomic mass is 16.4. The summed E-state index contributed by atoms with van der Waals surface area (Å²) in [7, 11) is 0. The molecule has 0 aliphatic heterocycles. The van der Waals surface area contributed by atoms with Gasteiger partial charge in [-0.05, 0) is 12.5 Å². The molecule has 5 heteroatoms. The van der Waals surface area contributed by atoms with E-state index in [0.29, 0.717) is 17.7 Å². The predicted molar refractivity (Wildman–Crippen MR) is 58.9 cm³/mol. The lowest BCUT2D eigenvalue weighted by Gasteiger charge is -2.16. The summed E-state index contributed by atoms with van der Waals surface area (Å²) in [5, 5.41) is 20.2. The molecule has 0 aromatic carbocycles. The average Bonchev–Trinajstić information content (AvgIpc) is 2.28. The van der Waals surface area contributed by atoms with Crippen molar-refractivity contribution < 1.29 is 15.0 Å². The summed E-state index contributed by atoms with van der Waals surface area (Å²) in [6, 6.07) is 2.93. The Morgan fingerprint density at radius 1 is 1.69 bits per heavy atom. The predicted octanol–water partition coefficient (Wildman–Crippen LogP) is 1.46. The minimum absolute atomic E-state index is 0.169. The second-order valence-corrected chi connectivity index (χ2v) is 3.23. The molecule has 1 aromatic rings. The van der Waals surface area contributed by atoms with Crippen molar-refractivity contribution in [2.24, 2.45) is 0 Å². The van der Waals surface area contributed by atoms with Crippen molar-refractivity contribution in [3.63, 3.8) is 0 Å². The van der Waals surface area contributed by atoms with Gasteiger partial charge >= 0.3 is 6.09 Å². The largest absolute Gasteiger partial charge is 0.465 e. The highest BCUT2D eigenvalue weighted by Gasteiger charge is 2.16. The molecule has 0 bridgehead atoms. The molecule has 0 saturated carbocycles. The summed E-state index contributed by atoms with van der Waals surface area (Å²) >= 11 is 0. The van der Waals surface area contributed by atoms with Crippen LogP contribution in [0.5, 0.6) is 0 Å². The van der Waals surface area contributed by atoms with Gasteiger partial charge in [0.15, 0.2) is 0 Å². The molecule has 86 valence electrons.